The van der Waals surface area contributed by atoms with Gasteiger partial charge in [0, 0.05) is 110 Å². The number of ether oxygens (including phenoxy) is 5. The molecule has 0 saturated heterocycles. The first kappa shape index (κ1) is 98.0. The van der Waals surface area contributed by atoms with Crippen molar-refractivity contribution in [1.82, 2.24) is 141 Å². The molecular weight excluding hydrogens is 1790 g/mol. The average Bonchev–Trinajstić information content (AvgIpc) is 1.62. The molecule has 0 aliphatic heterocycles. The number of nitrogens with one attached hydrogen (secondary N) is 1. The summed E-state index contributed by atoms with van der Waals surface area (Å²) in [6.07, 6.45) is 18.7. The summed E-state index contributed by atoms with van der Waals surface area (Å²) in [6.45, 7) is 9.13. The molecule has 136 heavy (non-hydrogen) atoms. The van der Waals surface area contributed by atoms with E-state index in [1.54, 1.807) is 104 Å². The molecule has 16 aromatic rings. The van der Waals surface area contributed by atoms with E-state index in [1.165, 1.54) is 55.6 Å². The summed E-state index contributed by atoms with van der Waals surface area (Å²) in [5, 5.41) is 57.2. The summed E-state index contributed by atoms with van der Waals surface area (Å²) in [4.78, 5) is 31.0. The number of aryl methyl sites for hydroxylation is 1. The summed E-state index contributed by atoms with van der Waals surface area (Å²) in [6, 6.07) is 26.9. The second kappa shape index (κ2) is 46.2. The molecule has 0 unspecified atom stereocenters. The Kier molecular flexibility index (Phi) is 33.3. The van der Waals surface area contributed by atoms with Gasteiger partial charge in [-0.15, -0.1) is 20.4 Å². The van der Waals surface area contributed by atoms with Crippen LogP contribution in [0.4, 0.5) is 58.4 Å². The van der Waals surface area contributed by atoms with Gasteiger partial charge in [-0.05, 0) is 260 Å². The van der Waals surface area contributed by atoms with Gasteiger partial charge in [0.05, 0.1) is 62.0 Å². The first-order valence-corrected chi connectivity index (χ1v) is 43.3. The van der Waals surface area contributed by atoms with Gasteiger partial charge in [-0.2, -0.15) is 52.7 Å². The van der Waals surface area contributed by atoms with Crippen molar-refractivity contribution >= 4 is 34.6 Å². The normalized spacial score (nSPS) is 11.2. The highest BCUT2D eigenvalue weighted by atomic mass is 32.1. The number of aromatic nitrogens is 24. The molecule has 0 radical (unpaired) electrons. The lowest BCUT2D eigenvalue weighted by Crippen LogP contribution is -2.16. The summed E-state index contributed by atoms with van der Waals surface area (Å²) in [5.41, 5.74) is 31.5. The van der Waals surface area contributed by atoms with Gasteiger partial charge in [0.25, 0.3) is 0 Å². The number of rotatable bonds is 36. The molecule has 37 nitrogen and oxygen atoms in total. The molecule has 12 aromatic heterocycles. The molecule has 0 aliphatic carbocycles. The van der Waals surface area contributed by atoms with Crippen LogP contribution in [0, 0.1) is 52.5 Å². The van der Waals surface area contributed by atoms with Crippen LogP contribution in [-0.2, 0) is 6.54 Å². The maximum Gasteiger partial charge on any atom is 0.213 e. The number of methoxy groups -OCH3 is 1. The number of hydrogen-bond donors (Lipinski definition) is 5. The minimum absolute atomic E-state index is 0.0934. The maximum absolute atomic E-state index is 15.1. The molecule has 0 fully saturated rings. The summed E-state index contributed by atoms with van der Waals surface area (Å²) < 4.78 is 152. The van der Waals surface area contributed by atoms with Gasteiger partial charge in [-0.25, -0.2) is 42.5 Å². The van der Waals surface area contributed by atoms with Gasteiger partial charge in [-0.3, -0.25) is 9.67 Å². The smallest absolute Gasteiger partial charge is 0.213 e. The monoisotopic (exact) mass is 1890 g/mol. The zero-order valence-corrected chi connectivity index (χ0v) is 76.3. The van der Waals surface area contributed by atoms with Crippen molar-refractivity contribution in [3.63, 3.8) is 0 Å². The number of hydrogen-bond acceptors (Lipinski definition) is 33. The zero-order chi connectivity index (χ0) is 96.6. The Morgan fingerprint density at radius 3 is 1.10 bits per heavy atom. The van der Waals surface area contributed by atoms with Crippen LogP contribution in [-0.4, -0.2) is 244 Å². The van der Waals surface area contributed by atoms with Gasteiger partial charge in [0.15, 0.2) is 69.6 Å². The number of anilines is 4. The zero-order valence-electron chi connectivity index (χ0n) is 75.5. The fourth-order valence-corrected chi connectivity index (χ4v) is 14.0. The Balaban J connectivity index is 0.000000154. The van der Waals surface area contributed by atoms with Crippen LogP contribution in [0.25, 0.3) is 113 Å². The highest BCUT2D eigenvalue weighted by Gasteiger charge is 2.29. The Labute approximate surface area is 778 Å². The lowest BCUT2D eigenvalue weighted by atomic mass is 10.1. The summed E-state index contributed by atoms with van der Waals surface area (Å²) in [7, 11) is 14.9. The van der Waals surface area contributed by atoms with Crippen molar-refractivity contribution in [2.24, 2.45) is 5.92 Å². The minimum atomic E-state index is -1.15. The van der Waals surface area contributed by atoms with E-state index >= 15 is 8.78 Å². The van der Waals surface area contributed by atoms with E-state index in [-0.39, 0.29) is 119 Å². The van der Waals surface area contributed by atoms with Crippen LogP contribution in [0.5, 0.6) is 28.9 Å². The van der Waals surface area contributed by atoms with Crippen LogP contribution in [0.1, 0.15) is 46.0 Å². The molecule has 0 amide bonds. The fraction of sp³-hybridized carbons (Fsp3) is 0.278. The largest absolute Gasteiger partial charge is 0.490 e. The van der Waals surface area contributed by atoms with Gasteiger partial charge < -0.3 is 66.6 Å². The Hall–Kier alpha value is -15.6. The number of halogens is 8. The molecule has 0 saturated carbocycles. The molecule has 46 heteroatoms. The fourth-order valence-electron chi connectivity index (χ4n) is 13.3. The first-order valence-electron chi connectivity index (χ1n) is 42.3. The molecule has 0 atom stereocenters. The van der Waals surface area contributed by atoms with Crippen LogP contribution >= 0.6 is 11.3 Å². The second-order valence-corrected chi connectivity index (χ2v) is 32.2. The van der Waals surface area contributed by atoms with E-state index in [1.807, 2.05) is 96.8 Å². The Bertz CT molecular complexity index is 6680. The number of nitrogens with zero attached hydrogens (tertiary/aromatic N) is 27. The molecule has 9 N–H and O–H groups in total. The molecular formula is C90H96F8N32O5S. The standard InChI is InChI=1S/C25H31F2N9O.C23H24F2N8O2.C21H20F2N8O.C21H21F2N7OS/c1-16(2)8-10-35-15-18(14-30-35)17-12-19(24(28)29-13-17)25-31-32-33-36(25)20-6-7-21(23(27)22(20)26)37-11-5-9-34(3)4;1-32(2)9-4-10-35-18-6-5-17(20(24)21(18)25)33-23(29-30-31-33)16-11-15(13-28-22(16)26)14-7-8-27-19(12-14)34-3;1-25-7-2-10-32-17-4-3-16(18(22)19(17)23)31-21(28-29-30-31)15-11-14(12-27-20(15)24)13-5-8-26-9-6-13;1-29(2)7-3-8-31-17-5-4-16(18(22)19(17)23)30-21(26-27-28-30)15-10-14(11-25-20(15)24)13-6-9-32-12-13/h6-7,12-16H,5,8-11H2,1-4H3,(H2,28,29);5-8,11-13H,4,9-10H2,1-3H3,(H2,26,28);3-6,8-9,11-12,25H,2,7,10H2,1H3,(H2,24,27);4-6,9-12H,3,7-8H2,1-2H3,(H2,24,25). The predicted molar refractivity (Wildman–Crippen MR) is 494 cm³/mol. The van der Waals surface area contributed by atoms with Crippen molar-refractivity contribution in [1.29, 1.82) is 0 Å². The van der Waals surface area contributed by atoms with Crippen molar-refractivity contribution in [3.8, 4) is 142 Å². The highest BCUT2D eigenvalue weighted by molar-refractivity contribution is 7.08. The molecule has 708 valence electrons. The lowest BCUT2D eigenvalue weighted by Gasteiger charge is -2.13. The van der Waals surface area contributed by atoms with E-state index in [0.29, 0.717) is 71.8 Å². The molecule has 12 heterocycles. The number of thiophene rings is 1. The van der Waals surface area contributed by atoms with Crippen LogP contribution in [0.15, 0.2) is 170 Å². The van der Waals surface area contributed by atoms with Crippen molar-refractivity contribution in [3.05, 3.63) is 216 Å². The average molecular weight is 1890 g/mol. The third kappa shape index (κ3) is 24.1. The highest BCUT2D eigenvalue weighted by Crippen LogP contribution is 2.39. The van der Waals surface area contributed by atoms with E-state index in [2.05, 4.69) is 116 Å². The Morgan fingerprint density at radius 1 is 0.397 bits per heavy atom. The quantitative estimate of drug-likeness (QED) is 0.0180. The third-order valence-electron chi connectivity index (χ3n) is 20.4. The van der Waals surface area contributed by atoms with Crippen molar-refractivity contribution < 1.29 is 58.8 Å². The van der Waals surface area contributed by atoms with Crippen LogP contribution in [0.2, 0.25) is 0 Å². The number of benzene rings is 4. The molecule has 0 spiro atoms. The van der Waals surface area contributed by atoms with Crippen LogP contribution < -0.4 is 51.9 Å². The molecule has 16 rings (SSSR count). The maximum atomic E-state index is 15.1. The summed E-state index contributed by atoms with van der Waals surface area (Å²) in [5.74, 6) is -7.68. The number of nitrogen functional groups attached to an aromatic ring is 4. The molecule has 0 bridgehead atoms. The SMILES string of the molecule is CC(C)CCn1cc(-c2cnc(N)c(-c3nnnn3-c3ccc(OCCCN(C)C)c(F)c3F)c2)cn1.CN(C)CCCOc1ccc(-n2nnnc2-c2cc(-c3ccsc3)cnc2N)c(F)c1F.CNCCCOc1ccc(-n2nnnc2-c2cc(-c3ccncc3)cnc2N)c(F)c1F.COc1cc(-c2cnc(N)c(-c3nnnn3-c3ccc(OCCCN(C)C)c(F)c3F)c2)ccn1. The van der Waals surface area contributed by atoms with E-state index < -0.39 is 46.5 Å². The number of pyridine rings is 6. The molecule has 0 aliphatic rings. The lowest BCUT2D eigenvalue weighted by molar-refractivity contribution is 0.267. The van der Waals surface area contributed by atoms with Gasteiger partial charge in [-0.1, -0.05) is 13.8 Å². The van der Waals surface area contributed by atoms with Gasteiger partial charge >= 0.3 is 0 Å². The van der Waals surface area contributed by atoms with E-state index in [4.69, 9.17) is 46.6 Å². The Morgan fingerprint density at radius 2 is 0.750 bits per heavy atom. The van der Waals surface area contributed by atoms with Gasteiger partial charge in [0.2, 0.25) is 29.1 Å². The third-order valence-corrected chi connectivity index (χ3v) is 21.1. The number of tetrazole rings is 4. The van der Waals surface area contributed by atoms with Gasteiger partial charge in [0.1, 0.15) is 46.0 Å². The predicted octanol–water partition coefficient (Wildman–Crippen LogP) is 13.1. The van der Waals surface area contributed by atoms with Crippen LogP contribution in [0.3, 0.4) is 0 Å². The molecule has 4 aromatic carbocycles. The van der Waals surface area contributed by atoms with E-state index in [0.717, 1.165) is 90.3 Å². The topological polar surface area (TPSA) is 442 Å². The number of nitrogens with two attached hydrogens (primary N) is 4. The van der Waals surface area contributed by atoms with Crippen molar-refractivity contribution in [2.75, 3.05) is 132 Å². The van der Waals surface area contributed by atoms with Crippen molar-refractivity contribution in [2.45, 2.75) is 52.5 Å². The second-order valence-electron chi connectivity index (χ2n) is 31.5. The first-order chi connectivity index (χ1) is 65.7. The van der Waals surface area contributed by atoms with E-state index in [9.17, 15) is 26.3 Å². The minimum Gasteiger partial charge on any atom is -0.490 e. The summed E-state index contributed by atoms with van der Waals surface area (Å²) >= 11 is 1.55.